The third-order valence-corrected chi connectivity index (χ3v) is 7.19. The Hall–Kier alpha value is -3.22. The van der Waals surface area contributed by atoms with Crippen molar-refractivity contribution in [1.29, 1.82) is 0 Å². The van der Waals surface area contributed by atoms with Gasteiger partial charge in [0.15, 0.2) is 0 Å². The highest BCUT2D eigenvalue weighted by atomic mass is 16.3. The minimum atomic E-state index is -0.813. The van der Waals surface area contributed by atoms with Gasteiger partial charge >= 0.3 is 0 Å². The van der Waals surface area contributed by atoms with Gasteiger partial charge in [-0.2, -0.15) is 0 Å². The number of nitrogens with zero attached hydrogens (tertiary/aromatic N) is 3. The van der Waals surface area contributed by atoms with Gasteiger partial charge in [0, 0.05) is 17.4 Å². The van der Waals surface area contributed by atoms with Gasteiger partial charge in [-0.15, -0.1) is 0 Å². The number of fused-ring (bicyclic) bond motifs is 2. The lowest BCUT2D eigenvalue weighted by Gasteiger charge is -2.24. The van der Waals surface area contributed by atoms with E-state index in [-0.39, 0.29) is 11.8 Å². The van der Waals surface area contributed by atoms with Crippen LogP contribution in [-0.2, 0) is 5.54 Å². The predicted octanol–water partition coefficient (Wildman–Crippen LogP) is 3.93. The Morgan fingerprint density at radius 1 is 1.00 bits per heavy atom. The lowest BCUT2D eigenvalue weighted by molar-refractivity contribution is -0.0138. The van der Waals surface area contributed by atoms with Gasteiger partial charge in [0.2, 0.25) is 0 Å². The molecule has 0 radical (unpaired) electrons. The predicted molar refractivity (Wildman–Crippen MR) is 120 cm³/mol. The molecule has 2 saturated carbocycles. The van der Waals surface area contributed by atoms with E-state index in [1.54, 1.807) is 6.33 Å². The number of benzene rings is 2. The molecular formula is C25H24N4O2. The fourth-order valence-electron chi connectivity index (χ4n) is 5.48. The molecule has 0 amide bonds. The van der Waals surface area contributed by atoms with E-state index in [9.17, 15) is 10.2 Å². The Bertz CT molecular complexity index is 1250. The summed E-state index contributed by atoms with van der Waals surface area (Å²) in [6, 6.07) is 20.1. The number of rotatable bonds is 4. The van der Waals surface area contributed by atoms with E-state index in [1.165, 1.54) is 0 Å². The summed E-state index contributed by atoms with van der Waals surface area (Å²) in [5.41, 5.74) is 3.28. The zero-order valence-electron chi connectivity index (χ0n) is 17.2. The third kappa shape index (κ3) is 2.58. The van der Waals surface area contributed by atoms with Gasteiger partial charge in [-0.3, -0.25) is 0 Å². The number of aromatic nitrogens is 3. The standard InChI is InChI=1S/C25H24N4O2/c1-15-19-12-25(19,22(31)21(15)30)29-13-18(16-8-4-2-5-9-16)20-23(26-14-27-24(20)29)28-17-10-6-3-7-11-17/h2-11,13-15,19,21-22,30-31H,12H2,1H3,(H,26,27,28)/t15-,19-,21-,22?,25+/m0/s1. The number of para-hydroxylation sites is 1. The lowest BCUT2D eigenvalue weighted by Crippen LogP contribution is -2.37. The van der Waals surface area contributed by atoms with E-state index in [4.69, 9.17) is 0 Å². The Kier molecular flexibility index (Phi) is 3.97. The summed E-state index contributed by atoms with van der Waals surface area (Å²) in [5, 5.41) is 25.9. The highest BCUT2D eigenvalue weighted by molar-refractivity contribution is 6.02. The van der Waals surface area contributed by atoms with Crippen LogP contribution in [0.4, 0.5) is 11.5 Å². The van der Waals surface area contributed by atoms with E-state index in [1.807, 2.05) is 55.5 Å². The van der Waals surface area contributed by atoms with E-state index < -0.39 is 17.7 Å². The number of aliphatic hydroxyl groups is 2. The van der Waals surface area contributed by atoms with Crippen LogP contribution in [0.5, 0.6) is 0 Å². The molecule has 31 heavy (non-hydrogen) atoms. The molecule has 0 saturated heterocycles. The minimum Gasteiger partial charge on any atom is -0.390 e. The van der Waals surface area contributed by atoms with E-state index in [0.29, 0.717) is 0 Å². The zero-order valence-corrected chi connectivity index (χ0v) is 17.2. The third-order valence-electron chi connectivity index (χ3n) is 7.19. The summed E-state index contributed by atoms with van der Waals surface area (Å²) < 4.78 is 2.10. The van der Waals surface area contributed by atoms with Crippen LogP contribution < -0.4 is 5.32 Å². The van der Waals surface area contributed by atoms with Gasteiger partial charge in [-0.05, 0) is 36.0 Å². The van der Waals surface area contributed by atoms with Gasteiger partial charge < -0.3 is 20.1 Å². The van der Waals surface area contributed by atoms with Gasteiger partial charge in [0.25, 0.3) is 0 Å². The molecule has 6 rings (SSSR count). The van der Waals surface area contributed by atoms with Crippen LogP contribution in [0, 0.1) is 11.8 Å². The molecule has 2 heterocycles. The van der Waals surface area contributed by atoms with Crippen LogP contribution in [0.25, 0.3) is 22.2 Å². The van der Waals surface area contributed by atoms with Crippen LogP contribution >= 0.6 is 0 Å². The number of aliphatic hydroxyl groups excluding tert-OH is 2. The molecule has 0 aliphatic heterocycles. The minimum absolute atomic E-state index is 0.0522. The summed E-state index contributed by atoms with van der Waals surface area (Å²) in [6.45, 7) is 2.02. The largest absolute Gasteiger partial charge is 0.390 e. The van der Waals surface area contributed by atoms with E-state index >= 15 is 0 Å². The molecule has 2 fully saturated rings. The van der Waals surface area contributed by atoms with Crippen molar-refractivity contribution in [2.24, 2.45) is 11.8 Å². The number of anilines is 2. The van der Waals surface area contributed by atoms with Crippen molar-refractivity contribution in [3.05, 3.63) is 73.2 Å². The SMILES string of the molecule is C[C@@H]1[C@H](O)C(O)[C@@]2(n3cc(-c4ccccc4)c4c(Nc5ccccc5)ncnc43)C[C@@H]12. The van der Waals surface area contributed by atoms with Crippen molar-refractivity contribution in [3.8, 4) is 11.1 Å². The highest BCUT2D eigenvalue weighted by Gasteiger charge is 2.71. The molecule has 4 aromatic rings. The normalized spacial score (nSPS) is 29.1. The van der Waals surface area contributed by atoms with Gasteiger partial charge in [-0.25, -0.2) is 9.97 Å². The Labute approximate surface area is 180 Å². The average Bonchev–Trinajstić information content (AvgIpc) is 3.39. The second kappa shape index (κ2) is 6.64. The molecule has 2 aromatic heterocycles. The first-order chi connectivity index (χ1) is 15.1. The summed E-state index contributed by atoms with van der Waals surface area (Å²) in [6.07, 6.45) is 2.95. The maximum absolute atomic E-state index is 11.0. The maximum Gasteiger partial charge on any atom is 0.146 e. The zero-order chi connectivity index (χ0) is 21.2. The molecular weight excluding hydrogens is 388 g/mol. The summed E-state index contributed by atoms with van der Waals surface area (Å²) >= 11 is 0. The maximum atomic E-state index is 11.0. The molecule has 0 bridgehead atoms. The first-order valence-corrected chi connectivity index (χ1v) is 10.7. The Morgan fingerprint density at radius 3 is 2.39 bits per heavy atom. The summed E-state index contributed by atoms with van der Waals surface area (Å²) in [5.74, 6) is 1.01. The van der Waals surface area contributed by atoms with Crippen LogP contribution in [0.15, 0.2) is 73.2 Å². The number of nitrogens with one attached hydrogen (secondary N) is 1. The van der Waals surface area contributed by atoms with Crippen molar-refractivity contribution in [1.82, 2.24) is 14.5 Å². The van der Waals surface area contributed by atoms with Crippen molar-refractivity contribution in [3.63, 3.8) is 0 Å². The van der Waals surface area contributed by atoms with Crippen LogP contribution in [0.1, 0.15) is 13.3 Å². The van der Waals surface area contributed by atoms with Crippen molar-refractivity contribution in [2.75, 3.05) is 5.32 Å². The van der Waals surface area contributed by atoms with Crippen molar-refractivity contribution in [2.45, 2.75) is 31.1 Å². The molecule has 2 aliphatic carbocycles. The van der Waals surface area contributed by atoms with E-state index in [0.717, 1.165) is 40.1 Å². The highest BCUT2D eigenvalue weighted by Crippen LogP contribution is 2.65. The average molecular weight is 412 g/mol. The molecule has 6 heteroatoms. The number of hydrogen-bond donors (Lipinski definition) is 3. The topological polar surface area (TPSA) is 83.2 Å². The van der Waals surface area contributed by atoms with Crippen LogP contribution in [0.3, 0.4) is 0 Å². The first-order valence-electron chi connectivity index (χ1n) is 10.7. The van der Waals surface area contributed by atoms with Crippen LogP contribution in [0.2, 0.25) is 0 Å². The molecule has 156 valence electrons. The van der Waals surface area contributed by atoms with Gasteiger partial charge in [0.05, 0.1) is 17.0 Å². The van der Waals surface area contributed by atoms with Crippen LogP contribution in [-0.4, -0.2) is 37.0 Å². The monoisotopic (exact) mass is 412 g/mol. The van der Waals surface area contributed by atoms with Gasteiger partial charge in [0.1, 0.15) is 23.9 Å². The van der Waals surface area contributed by atoms with Crippen molar-refractivity contribution < 1.29 is 10.2 Å². The lowest BCUT2D eigenvalue weighted by atomic mass is 10.0. The molecule has 5 atom stereocenters. The van der Waals surface area contributed by atoms with E-state index in [2.05, 4.69) is 38.2 Å². The molecule has 2 aliphatic rings. The second-order valence-corrected chi connectivity index (χ2v) is 8.79. The number of hydrogen-bond acceptors (Lipinski definition) is 5. The molecule has 1 unspecified atom stereocenters. The molecule has 0 spiro atoms. The Morgan fingerprint density at radius 2 is 1.71 bits per heavy atom. The smallest absolute Gasteiger partial charge is 0.146 e. The molecule has 6 nitrogen and oxygen atoms in total. The fraction of sp³-hybridized carbons (Fsp3) is 0.280. The molecule has 2 aromatic carbocycles. The fourth-order valence-corrected chi connectivity index (χ4v) is 5.48. The second-order valence-electron chi connectivity index (χ2n) is 8.79. The molecule has 3 N–H and O–H groups in total. The van der Waals surface area contributed by atoms with Crippen molar-refractivity contribution >= 4 is 22.5 Å². The summed E-state index contributed by atoms with van der Waals surface area (Å²) in [4.78, 5) is 9.22. The Balaban J connectivity index is 1.58. The van der Waals surface area contributed by atoms with Gasteiger partial charge in [-0.1, -0.05) is 55.5 Å². The summed E-state index contributed by atoms with van der Waals surface area (Å²) in [7, 11) is 0. The first kappa shape index (κ1) is 18.5. The quantitative estimate of drug-likeness (QED) is 0.473.